The molecule has 1 aromatic heterocycles. The van der Waals surface area contributed by atoms with Crippen molar-refractivity contribution in [3.63, 3.8) is 0 Å². The molecule has 0 radical (unpaired) electrons. The van der Waals surface area contributed by atoms with Gasteiger partial charge in [-0.05, 0) is 36.9 Å². The second-order valence-corrected chi connectivity index (χ2v) is 6.26. The summed E-state index contributed by atoms with van der Waals surface area (Å²) < 4.78 is 5.45. The van der Waals surface area contributed by atoms with Crippen LogP contribution >= 0.6 is 11.6 Å². The molecule has 6 heteroatoms. The smallest absolute Gasteiger partial charge is 0.240 e. The molecule has 2 heterocycles. The predicted octanol–water partition coefficient (Wildman–Crippen LogP) is 2.27. The maximum atomic E-state index is 12.8. The lowest BCUT2D eigenvalue weighted by molar-refractivity contribution is -0.131. The Morgan fingerprint density at radius 1 is 1.38 bits per heavy atom. The van der Waals surface area contributed by atoms with Gasteiger partial charge in [0.15, 0.2) is 0 Å². The van der Waals surface area contributed by atoms with Gasteiger partial charge in [-0.3, -0.25) is 14.7 Å². The quantitative estimate of drug-likeness (QED) is 0.923. The van der Waals surface area contributed by atoms with E-state index < -0.39 is 0 Å². The summed E-state index contributed by atoms with van der Waals surface area (Å²) in [6.45, 7) is 1.79. The van der Waals surface area contributed by atoms with E-state index in [9.17, 15) is 4.79 Å². The molecule has 1 aliphatic rings. The summed E-state index contributed by atoms with van der Waals surface area (Å²) in [6, 6.07) is 12.5. The van der Waals surface area contributed by atoms with E-state index in [0.29, 0.717) is 18.2 Å². The third kappa shape index (κ3) is 3.93. The van der Waals surface area contributed by atoms with Crippen LogP contribution in [0.15, 0.2) is 48.7 Å². The Kier molecular flexibility index (Phi) is 5.45. The van der Waals surface area contributed by atoms with Gasteiger partial charge in [0.25, 0.3) is 0 Å². The summed E-state index contributed by atoms with van der Waals surface area (Å²) in [6.07, 6.45) is 1.72. The van der Waals surface area contributed by atoms with Gasteiger partial charge in [0.1, 0.15) is 6.04 Å². The Labute approximate surface area is 146 Å². The molecule has 0 aliphatic carbocycles. The van der Waals surface area contributed by atoms with Gasteiger partial charge in [0, 0.05) is 17.8 Å². The van der Waals surface area contributed by atoms with Crippen molar-refractivity contribution >= 4 is 17.5 Å². The van der Waals surface area contributed by atoms with Crippen molar-refractivity contribution in [2.45, 2.75) is 12.1 Å². The first-order valence-electron chi connectivity index (χ1n) is 7.90. The minimum Gasteiger partial charge on any atom is -0.378 e. The third-order valence-corrected chi connectivity index (χ3v) is 4.39. The number of likely N-dealkylation sites (N-methyl/N-ethyl adjacent to an activating group) is 1. The van der Waals surface area contributed by atoms with Crippen LogP contribution in [0.4, 0.5) is 0 Å². The van der Waals surface area contributed by atoms with E-state index in [1.54, 1.807) is 6.20 Å². The molecule has 126 valence electrons. The maximum absolute atomic E-state index is 12.8. The number of nitrogens with one attached hydrogen (secondary N) is 1. The molecule has 0 bridgehead atoms. The van der Waals surface area contributed by atoms with Crippen molar-refractivity contribution in [3.8, 4) is 0 Å². The lowest BCUT2D eigenvalue weighted by atomic mass is 10.0. The van der Waals surface area contributed by atoms with Crippen LogP contribution in [-0.4, -0.2) is 48.6 Å². The van der Waals surface area contributed by atoms with Crippen molar-refractivity contribution in [1.82, 2.24) is 15.2 Å². The number of morpholine rings is 1. The molecular formula is C18H20ClN3O2. The Balaban J connectivity index is 1.86. The molecule has 0 spiro atoms. The first-order chi connectivity index (χ1) is 11.6. The summed E-state index contributed by atoms with van der Waals surface area (Å²) in [4.78, 5) is 19.2. The van der Waals surface area contributed by atoms with E-state index in [-0.39, 0.29) is 18.0 Å². The Bertz CT molecular complexity index is 696. The van der Waals surface area contributed by atoms with Crippen LogP contribution < -0.4 is 5.32 Å². The predicted molar refractivity (Wildman–Crippen MR) is 92.9 cm³/mol. The zero-order valence-corrected chi connectivity index (χ0v) is 14.2. The largest absolute Gasteiger partial charge is 0.378 e. The number of pyridine rings is 1. The average Bonchev–Trinajstić information content (AvgIpc) is 2.60. The molecule has 1 aliphatic heterocycles. The second kappa shape index (κ2) is 7.75. The van der Waals surface area contributed by atoms with Gasteiger partial charge in [-0.1, -0.05) is 29.8 Å². The fourth-order valence-corrected chi connectivity index (χ4v) is 2.96. The molecule has 0 saturated carbocycles. The maximum Gasteiger partial charge on any atom is 0.240 e. The van der Waals surface area contributed by atoms with Crippen LogP contribution in [0.3, 0.4) is 0 Å². The number of hydrogen-bond acceptors (Lipinski definition) is 4. The lowest BCUT2D eigenvalue weighted by Crippen LogP contribution is -2.52. The minimum absolute atomic E-state index is 0.0761. The molecule has 0 unspecified atom stereocenters. The number of ether oxygens (including phenoxy) is 1. The number of hydrogen-bond donors (Lipinski definition) is 1. The molecule has 5 nitrogen and oxygen atoms in total. The Hall–Kier alpha value is -1.95. The molecule has 2 atom stereocenters. The summed E-state index contributed by atoms with van der Waals surface area (Å²) in [5.41, 5.74) is 1.67. The van der Waals surface area contributed by atoms with Crippen molar-refractivity contribution in [3.05, 3.63) is 64.9 Å². The number of carbonyl (C=O) groups is 1. The Morgan fingerprint density at radius 2 is 2.25 bits per heavy atom. The highest BCUT2D eigenvalue weighted by atomic mass is 35.5. The second-order valence-electron chi connectivity index (χ2n) is 5.82. The molecule has 3 rings (SSSR count). The van der Waals surface area contributed by atoms with Crippen LogP contribution in [0.25, 0.3) is 0 Å². The molecule has 1 saturated heterocycles. The average molecular weight is 346 g/mol. The first-order valence-corrected chi connectivity index (χ1v) is 8.27. The zero-order chi connectivity index (χ0) is 16.9. The van der Waals surface area contributed by atoms with E-state index in [0.717, 1.165) is 17.8 Å². The summed E-state index contributed by atoms with van der Waals surface area (Å²) in [5, 5.41) is 3.72. The van der Waals surface area contributed by atoms with Crippen LogP contribution in [0.5, 0.6) is 0 Å². The number of nitrogens with zero attached hydrogens (tertiary/aromatic N) is 2. The third-order valence-electron chi connectivity index (χ3n) is 4.15. The number of amides is 1. The highest BCUT2D eigenvalue weighted by Gasteiger charge is 2.29. The molecule has 24 heavy (non-hydrogen) atoms. The van der Waals surface area contributed by atoms with E-state index in [4.69, 9.17) is 16.3 Å². The standard InChI is InChI=1S/C18H20ClN3O2/c1-22-9-10-24-12-16(22)18(23)21-17(15-7-2-3-8-20-15)13-5-4-6-14(19)11-13/h2-8,11,16-17H,9-10,12H2,1H3,(H,21,23)/t16-,17-/m1/s1. The number of aromatic nitrogens is 1. The zero-order valence-electron chi connectivity index (χ0n) is 13.5. The van der Waals surface area contributed by atoms with E-state index >= 15 is 0 Å². The lowest BCUT2D eigenvalue weighted by Gasteiger charge is -2.32. The first kappa shape index (κ1) is 16.9. The summed E-state index contributed by atoms with van der Waals surface area (Å²) in [5.74, 6) is -0.0761. The number of carbonyl (C=O) groups excluding carboxylic acids is 1. The van der Waals surface area contributed by atoms with Crippen molar-refractivity contribution < 1.29 is 9.53 Å². The van der Waals surface area contributed by atoms with Crippen molar-refractivity contribution in [1.29, 1.82) is 0 Å². The van der Waals surface area contributed by atoms with Crippen molar-refractivity contribution in [2.24, 2.45) is 0 Å². The van der Waals surface area contributed by atoms with Gasteiger partial charge in [-0.2, -0.15) is 0 Å². The van der Waals surface area contributed by atoms with Gasteiger partial charge in [-0.15, -0.1) is 0 Å². The molecule has 1 N–H and O–H groups in total. The minimum atomic E-state index is -0.354. The van der Waals surface area contributed by atoms with E-state index in [1.165, 1.54) is 0 Å². The summed E-state index contributed by atoms with van der Waals surface area (Å²) in [7, 11) is 1.93. The number of halogens is 1. The summed E-state index contributed by atoms with van der Waals surface area (Å²) >= 11 is 6.12. The fourth-order valence-electron chi connectivity index (χ4n) is 2.76. The molecule has 1 amide bonds. The normalized spacial score (nSPS) is 19.7. The molecular weight excluding hydrogens is 326 g/mol. The number of rotatable bonds is 4. The van der Waals surface area contributed by atoms with Crippen LogP contribution in [0.1, 0.15) is 17.3 Å². The van der Waals surface area contributed by atoms with Crippen LogP contribution in [0.2, 0.25) is 5.02 Å². The van der Waals surface area contributed by atoms with Gasteiger partial charge in [0.2, 0.25) is 5.91 Å². The highest BCUT2D eigenvalue weighted by Crippen LogP contribution is 2.23. The van der Waals surface area contributed by atoms with Gasteiger partial charge < -0.3 is 10.1 Å². The van der Waals surface area contributed by atoms with Crippen molar-refractivity contribution in [2.75, 3.05) is 26.8 Å². The highest BCUT2D eigenvalue weighted by molar-refractivity contribution is 6.30. The van der Waals surface area contributed by atoms with Crippen LogP contribution in [-0.2, 0) is 9.53 Å². The van der Waals surface area contributed by atoms with E-state index in [1.807, 2.05) is 54.4 Å². The van der Waals surface area contributed by atoms with E-state index in [2.05, 4.69) is 10.3 Å². The topological polar surface area (TPSA) is 54.5 Å². The van der Waals surface area contributed by atoms with Crippen LogP contribution in [0, 0.1) is 0 Å². The Morgan fingerprint density at radius 3 is 2.96 bits per heavy atom. The fraction of sp³-hybridized carbons (Fsp3) is 0.333. The SMILES string of the molecule is CN1CCOC[C@@H]1C(=O)N[C@H](c1cccc(Cl)c1)c1ccccn1. The molecule has 2 aromatic rings. The number of benzene rings is 1. The van der Waals surface area contributed by atoms with Gasteiger partial charge in [-0.25, -0.2) is 0 Å². The molecule has 1 aromatic carbocycles. The monoisotopic (exact) mass is 345 g/mol. The molecule has 1 fully saturated rings. The van der Waals surface area contributed by atoms with Gasteiger partial charge >= 0.3 is 0 Å². The van der Waals surface area contributed by atoms with Gasteiger partial charge in [0.05, 0.1) is 24.9 Å².